The lowest BCUT2D eigenvalue weighted by Gasteiger charge is -2.54. The molecule has 84 heavy (non-hydrogen) atoms. The van der Waals surface area contributed by atoms with Gasteiger partial charge in [-0.3, -0.25) is 9.61 Å². The molecule has 3 aliphatic heterocycles. The van der Waals surface area contributed by atoms with E-state index in [4.69, 9.17) is 27.9 Å². The summed E-state index contributed by atoms with van der Waals surface area (Å²) in [6.07, 6.45) is 4.00. The molecule has 3 fully saturated rings. The molecule has 0 radical (unpaired) electrons. The normalized spacial score (nSPS) is 19.4. The number of hydrogen-bond donors (Lipinski definition) is 0. The highest BCUT2D eigenvalue weighted by molar-refractivity contribution is 7.10. The van der Waals surface area contributed by atoms with Gasteiger partial charge in [-0.25, -0.2) is 0 Å². The fourth-order valence-electron chi connectivity index (χ4n) is 15.3. The van der Waals surface area contributed by atoms with E-state index in [1.165, 1.54) is 0 Å². The molecule has 0 bridgehead atoms. The number of carbonyl (C=O) groups is 1. The van der Waals surface area contributed by atoms with E-state index in [0.717, 1.165) is 109 Å². The highest BCUT2D eigenvalue weighted by Crippen LogP contribution is 2.68. The van der Waals surface area contributed by atoms with E-state index >= 15 is 4.79 Å². The van der Waals surface area contributed by atoms with Crippen LogP contribution in [0.15, 0.2) is 48.5 Å². The third-order valence-electron chi connectivity index (χ3n) is 19.5. The van der Waals surface area contributed by atoms with Crippen molar-refractivity contribution in [2.75, 3.05) is 28.4 Å². The van der Waals surface area contributed by atoms with Gasteiger partial charge in [-0.05, 0) is 125 Å². The number of hydrogen-bond acceptors (Lipinski definition) is 8. The number of nitrogens with zero attached hydrogens (tertiary/aromatic N) is 1. The van der Waals surface area contributed by atoms with Crippen LogP contribution < -0.4 is 18.9 Å². The van der Waals surface area contributed by atoms with Crippen molar-refractivity contribution in [3.8, 4) is 23.0 Å². The zero-order valence-electron chi connectivity index (χ0n) is 59.0. The molecule has 4 aromatic rings. The van der Waals surface area contributed by atoms with E-state index in [9.17, 15) is 0 Å². The minimum absolute atomic E-state index is 0.242. The highest BCUT2D eigenvalue weighted by Gasteiger charge is 2.83. The van der Waals surface area contributed by atoms with Gasteiger partial charge in [0.15, 0.2) is 0 Å². The second-order valence-corrected chi connectivity index (χ2v) is 38.8. The summed E-state index contributed by atoms with van der Waals surface area (Å²) in [7, 11) is 1.56. The maximum Gasteiger partial charge on any atom is 0.621 e. The third kappa shape index (κ3) is 11.0. The third-order valence-corrected chi connectivity index (χ3v) is 24.9. The first-order valence-electron chi connectivity index (χ1n) is 31.5. The Balaban J connectivity index is 1.98. The molecule has 8 nitrogen and oxygen atoms in total. The van der Waals surface area contributed by atoms with Crippen LogP contribution in [0.3, 0.4) is 0 Å². The van der Waals surface area contributed by atoms with Gasteiger partial charge in [0.25, 0.3) is 5.59 Å². The second-order valence-electron chi connectivity index (χ2n) is 35.1. The monoisotopic (exact) mass is 1170 g/mol. The van der Waals surface area contributed by atoms with Gasteiger partial charge < -0.3 is 27.9 Å². The van der Waals surface area contributed by atoms with E-state index in [-0.39, 0.29) is 48.9 Å². The number of rotatable bonds is 9. The summed E-state index contributed by atoms with van der Waals surface area (Å²) >= 11 is 0. The quantitative estimate of drug-likeness (QED) is 0.154. The SMILES string of the molecule is COc1c(C(C)(C)C)cc(C2(c3cc(C(C)(C)C)c(OC)c(C(C)(C)C)c3)CCC(c3cc(C(C)(C)C)c(OC)c(C(C)(C)C)c3)(c3cc(C(C)(C)C)c(OC)c(C(C)(C)C)c3)[Si]23OB(N2C(C)(C)CCCC2(C)C)OC3=O)cc1C(C)(C)C. The van der Waals surface area contributed by atoms with Crippen molar-refractivity contribution in [3.63, 3.8) is 0 Å². The highest BCUT2D eigenvalue weighted by atomic mass is 28.4. The Labute approximate surface area is 513 Å². The fraction of sp³-hybridized carbons (Fsp3) is 0.662. The van der Waals surface area contributed by atoms with Gasteiger partial charge in [-0.15, -0.1) is 0 Å². The standard InChI is InChI=1S/C74H114BNO7Si/c1-63(2,3)50-38-46(39-51(58(50)78-29)64(4,5)6)73(47-40-52(65(7,8)9)59(79-30)53(41-47)66(10,11)12)36-37-74(48-42-54(67(13,14)15)60(80-31)55(43-48)68(16,17)18,49-44-56(69(19,20)21)61(81-32)57(45-49)70(22,23)24)84(73)62(77)82-75(83-84)76-71(25,26)34-33-35-72(76,27)28/h38-45H,33-37H2,1-32H3. The maximum absolute atomic E-state index is 18.1. The molecule has 0 amide bonds. The maximum atomic E-state index is 18.1. The average molecular weight is 1170 g/mol. The number of piperidine rings is 1. The molecule has 0 unspecified atom stereocenters. The lowest BCUT2D eigenvalue weighted by molar-refractivity contribution is 0.0219. The largest absolute Gasteiger partial charge is 0.621 e. The molecule has 10 heteroatoms. The molecule has 1 spiro atoms. The lowest BCUT2D eigenvalue weighted by atomic mass is 9.71. The molecule has 4 aromatic carbocycles. The van der Waals surface area contributed by atoms with Crippen molar-refractivity contribution < 1.29 is 32.7 Å². The number of benzene rings is 4. The molecule has 0 saturated carbocycles. The molecule has 0 atom stereocenters. The van der Waals surface area contributed by atoms with Crippen molar-refractivity contribution in [2.45, 2.75) is 290 Å². The topological polar surface area (TPSA) is 75.7 Å². The number of methoxy groups -OCH3 is 4. The summed E-state index contributed by atoms with van der Waals surface area (Å²) in [6.45, 7) is 64.2. The van der Waals surface area contributed by atoms with Crippen LogP contribution in [-0.2, 0) is 62.4 Å². The van der Waals surface area contributed by atoms with Crippen LogP contribution in [0, 0.1) is 0 Å². The van der Waals surface area contributed by atoms with Crippen molar-refractivity contribution >= 4 is 21.2 Å². The van der Waals surface area contributed by atoms with Crippen molar-refractivity contribution in [2.24, 2.45) is 0 Å². The molecule has 0 aliphatic carbocycles. The van der Waals surface area contributed by atoms with Crippen LogP contribution in [-0.4, -0.2) is 65.5 Å². The van der Waals surface area contributed by atoms with Gasteiger partial charge in [0, 0.05) is 65.7 Å². The van der Waals surface area contributed by atoms with Gasteiger partial charge >= 0.3 is 15.6 Å². The summed E-state index contributed by atoms with van der Waals surface area (Å²) in [5.41, 5.74) is 8.71. The Morgan fingerprint density at radius 3 is 0.762 bits per heavy atom. The van der Waals surface area contributed by atoms with Crippen molar-refractivity contribution in [1.82, 2.24) is 4.81 Å². The molecule has 3 heterocycles. The van der Waals surface area contributed by atoms with Crippen LogP contribution in [0.25, 0.3) is 0 Å². The first kappa shape index (κ1) is 67.3. The molecule has 0 N–H and O–H groups in total. The summed E-state index contributed by atoms with van der Waals surface area (Å²) in [5, 5.41) is -2.32. The number of ether oxygens (including phenoxy) is 4. The van der Waals surface area contributed by atoms with Crippen molar-refractivity contribution in [1.29, 1.82) is 0 Å². The summed E-state index contributed by atoms with van der Waals surface area (Å²) < 4.78 is 43.1. The van der Waals surface area contributed by atoms with Gasteiger partial charge in [0.05, 0.1) is 28.4 Å². The van der Waals surface area contributed by atoms with Crippen molar-refractivity contribution in [3.05, 3.63) is 115 Å². The first-order chi connectivity index (χ1) is 37.9. The Morgan fingerprint density at radius 2 is 0.583 bits per heavy atom. The summed E-state index contributed by atoms with van der Waals surface area (Å²) in [4.78, 5) is 20.6. The van der Waals surface area contributed by atoms with Crippen LogP contribution in [0.1, 0.15) is 293 Å². The second kappa shape index (κ2) is 21.2. The van der Waals surface area contributed by atoms with Crippen LogP contribution in [0.4, 0.5) is 4.79 Å². The molecule has 3 saturated heterocycles. The Hall–Kier alpha value is -4.25. The van der Waals surface area contributed by atoms with Crippen LogP contribution >= 0.6 is 0 Å². The van der Waals surface area contributed by atoms with Crippen LogP contribution in [0.2, 0.25) is 0 Å². The van der Waals surface area contributed by atoms with E-state index in [1.54, 1.807) is 0 Å². The van der Waals surface area contributed by atoms with E-state index < -0.39 is 36.7 Å². The Morgan fingerprint density at radius 1 is 0.381 bits per heavy atom. The minimum atomic E-state index is -4.70. The predicted molar refractivity (Wildman–Crippen MR) is 355 cm³/mol. The Kier molecular flexibility index (Phi) is 17.0. The fourth-order valence-corrected chi connectivity index (χ4v) is 21.1. The zero-order chi connectivity index (χ0) is 63.9. The molecule has 3 aliphatic rings. The van der Waals surface area contributed by atoms with Gasteiger partial charge in [-0.1, -0.05) is 215 Å². The zero-order valence-corrected chi connectivity index (χ0v) is 60.0. The van der Waals surface area contributed by atoms with Gasteiger partial charge in [0.2, 0.25) is 0 Å². The van der Waals surface area contributed by atoms with E-state index in [0.29, 0.717) is 12.8 Å². The average Bonchev–Trinajstić information content (AvgIpc) is 1.44. The minimum Gasteiger partial charge on any atom is -0.499 e. The van der Waals surface area contributed by atoms with E-state index in [1.807, 2.05) is 28.4 Å². The molecule has 0 aromatic heterocycles. The summed E-state index contributed by atoms with van der Waals surface area (Å²) in [5.74, 6) is 3.49. The predicted octanol–water partition coefficient (Wildman–Crippen LogP) is 19.0. The molecular weight excluding hydrogens is 1050 g/mol. The van der Waals surface area contributed by atoms with Gasteiger partial charge in [-0.2, -0.15) is 0 Å². The molecule has 464 valence electrons. The lowest BCUT2D eigenvalue weighted by Crippen LogP contribution is -2.71. The smallest absolute Gasteiger partial charge is 0.499 e. The van der Waals surface area contributed by atoms with Crippen LogP contribution in [0.5, 0.6) is 23.0 Å². The van der Waals surface area contributed by atoms with E-state index in [2.05, 4.69) is 247 Å². The Bertz CT molecular complexity index is 2660. The number of carbonyl (C=O) groups excluding carboxylic acids is 1. The first-order valence-corrected chi connectivity index (χ1v) is 33.4. The molecular formula is C74H114BNO7Si. The summed E-state index contributed by atoms with van der Waals surface area (Å²) in [6, 6.07) is 19.4. The molecule has 7 rings (SSSR count). The van der Waals surface area contributed by atoms with Gasteiger partial charge in [0.1, 0.15) is 23.0 Å².